The zero-order valence-corrected chi connectivity index (χ0v) is 14.8. The highest BCUT2D eigenvalue weighted by molar-refractivity contribution is 7.89. The summed E-state index contributed by atoms with van der Waals surface area (Å²) in [5.74, 6) is 0. The van der Waals surface area contributed by atoms with Gasteiger partial charge in [0.1, 0.15) is 4.90 Å². The maximum absolute atomic E-state index is 12.7. The minimum atomic E-state index is -3.56. The largest absolute Gasteiger partial charge is 0.313 e. The van der Waals surface area contributed by atoms with Crippen molar-refractivity contribution in [3.05, 3.63) is 28.8 Å². The minimum absolute atomic E-state index is 0.0621. The molecule has 0 amide bonds. The number of sulfonamides is 1. The van der Waals surface area contributed by atoms with Gasteiger partial charge < -0.3 is 5.32 Å². The summed E-state index contributed by atoms with van der Waals surface area (Å²) in [6, 6.07) is 5.11. The normalized spacial score (nSPS) is 13.6. The maximum atomic E-state index is 12.7. The second kappa shape index (κ2) is 8.13. The van der Waals surface area contributed by atoms with E-state index in [4.69, 9.17) is 11.6 Å². The highest BCUT2D eigenvalue weighted by Crippen LogP contribution is 2.26. The van der Waals surface area contributed by atoms with Crippen molar-refractivity contribution in [3.63, 3.8) is 0 Å². The fourth-order valence-corrected chi connectivity index (χ4v) is 3.87. The van der Waals surface area contributed by atoms with E-state index in [0.29, 0.717) is 6.54 Å². The molecule has 1 rings (SSSR count). The Kier molecular flexibility index (Phi) is 7.13. The predicted molar refractivity (Wildman–Crippen MR) is 88.2 cm³/mol. The van der Waals surface area contributed by atoms with E-state index in [2.05, 4.69) is 12.2 Å². The van der Waals surface area contributed by atoms with Crippen molar-refractivity contribution in [2.45, 2.75) is 51.1 Å². The second-order valence-electron chi connectivity index (χ2n) is 5.22. The average molecular weight is 333 g/mol. The molecular weight excluding hydrogens is 308 g/mol. The molecule has 0 aromatic heterocycles. The van der Waals surface area contributed by atoms with Crippen LogP contribution in [0.15, 0.2) is 23.1 Å². The number of rotatable bonds is 8. The molecule has 0 saturated carbocycles. The molecule has 0 fully saturated rings. The summed E-state index contributed by atoms with van der Waals surface area (Å²) in [7, 11) is -1.96. The molecule has 0 aliphatic rings. The van der Waals surface area contributed by atoms with Gasteiger partial charge in [-0.25, -0.2) is 8.42 Å². The van der Waals surface area contributed by atoms with Crippen LogP contribution in [0.4, 0.5) is 0 Å². The smallest absolute Gasteiger partial charge is 0.244 e. The highest BCUT2D eigenvalue weighted by Gasteiger charge is 2.26. The molecule has 0 spiro atoms. The molecule has 1 aromatic rings. The Morgan fingerprint density at radius 3 is 2.57 bits per heavy atom. The van der Waals surface area contributed by atoms with Gasteiger partial charge in [-0.3, -0.25) is 0 Å². The van der Waals surface area contributed by atoms with Crippen molar-refractivity contribution < 1.29 is 8.42 Å². The van der Waals surface area contributed by atoms with Crippen LogP contribution in [0, 0.1) is 0 Å². The number of halogens is 1. The monoisotopic (exact) mass is 332 g/mol. The lowest BCUT2D eigenvalue weighted by molar-refractivity contribution is 0.380. The fraction of sp³-hybridized carbons (Fsp3) is 0.600. The first-order chi connectivity index (χ1) is 9.84. The van der Waals surface area contributed by atoms with E-state index in [1.807, 2.05) is 19.9 Å². The summed E-state index contributed by atoms with van der Waals surface area (Å²) < 4.78 is 26.7. The molecular formula is C15H25ClN2O2S. The molecule has 6 heteroatoms. The fourth-order valence-electron chi connectivity index (χ4n) is 1.91. The van der Waals surface area contributed by atoms with Gasteiger partial charge in [-0.05, 0) is 44.0 Å². The standard InChI is InChI=1S/C15H25ClN2O2S/c1-5-9-17-11-13-7-8-14(16)15(10-13)21(19,20)18(4)12(3)6-2/h7-8,10,12,17H,5-6,9,11H2,1-4H3. The Hall–Kier alpha value is -0.620. The molecule has 0 saturated heterocycles. The van der Waals surface area contributed by atoms with E-state index in [-0.39, 0.29) is 16.0 Å². The summed E-state index contributed by atoms with van der Waals surface area (Å²) in [6.45, 7) is 7.48. The van der Waals surface area contributed by atoms with Gasteiger partial charge in [-0.2, -0.15) is 4.31 Å². The van der Waals surface area contributed by atoms with Gasteiger partial charge in [0.2, 0.25) is 10.0 Å². The Labute approximate surface area is 133 Å². The quantitative estimate of drug-likeness (QED) is 0.743. The minimum Gasteiger partial charge on any atom is -0.313 e. The number of nitrogens with zero attached hydrogens (tertiary/aromatic N) is 1. The Morgan fingerprint density at radius 1 is 1.33 bits per heavy atom. The van der Waals surface area contributed by atoms with E-state index in [0.717, 1.165) is 24.9 Å². The van der Waals surface area contributed by atoms with Gasteiger partial charge in [0, 0.05) is 19.6 Å². The molecule has 0 bridgehead atoms. The van der Waals surface area contributed by atoms with Crippen LogP contribution in [-0.4, -0.2) is 32.4 Å². The van der Waals surface area contributed by atoms with Crippen LogP contribution in [0.5, 0.6) is 0 Å². The first-order valence-corrected chi connectivity index (χ1v) is 9.13. The first kappa shape index (κ1) is 18.4. The van der Waals surface area contributed by atoms with Crippen molar-refractivity contribution in [2.24, 2.45) is 0 Å². The van der Waals surface area contributed by atoms with Crippen LogP contribution in [0.25, 0.3) is 0 Å². The second-order valence-corrected chi connectivity index (χ2v) is 7.59. The molecule has 0 radical (unpaired) electrons. The molecule has 1 unspecified atom stereocenters. The van der Waals surface area contributed by atoms with E-state index in [1.165, 1.54) is 4.31 Å². The summed E-state index contributed by atoms with van der Waals surface area (Å²) in [6.07, 6.45) is 1.79. The zero-order chi connectivity index (χ0) is 16.0. The Morgan fingerprint density at radius 2 is 2.00 bits per heavy atom. The summed E-state index contributed by atoms with van der Waals surface area (Å²) in [5.41, 5.74) is 0.920. The van der Waals surface area contributed by atoms with Gasteiger partial charge >= 0.3 is 0 Å². The zero-order valence-electron chi connectivity index (χ0n) is 13.2. The van der Waals surface area contributed by atoms with Crippen LogP contribution < -0.4 is 5.32 Å². The van der Waals surface area contributed by atoms with Gasteiger partial charge in [-0.1, -0.05) is 31.5 Å². The molecule has 120 valence electrons. The molecule has 1 aromatic carbocycles. The lowest BCUT2D eigenvalue weighted by Crippen LogP contribution is -2.34. The molecule has 0 aliphatic heterocycles. The average Bonchev–Trinajstić information content (AvgIpc) is 2.47. The number of hydrogen-bond donors (Lipinski definition) is 1. The van der Waals surface area contributed by atoms with Crippen molar-refractivity contribution in [1.29, 1.82) is 0 Å². The Balaban J connectivity index is 3.08. The van der Waals surface area contributed by atoms with E-state index in [1.54, 1.807) is 19.2 Å². The van der Waals surface area contributed by atoms with Crippen LogP contribution in [0.2, 0.25) is 5.02 Å². The van der Waals surface area contributed by atoms with Crippen molar-refractivity contribution in [1.82, 2.24) is 9.62 Å². The Bertz CT molecular complexity index is 561. The number of benzene rings is 1. The van der Waals surface area contributed by atoms with Crippen LogP contribution in [0.3, 0.4) is 0 Å². The van der Waals surface area contributed by atoms with Gasteiger partial charge in [0.15, 0.2) is 0 Å². The van der Waals surface area contributed by atoms with Gasteiger partial charge in [0.05, 0.1) is 5.02 Å². The molecule has 0 aliphatic carbocycles. The number of hydrogen-bond acceptors (Lipinski definition) is 3. The lowest BCUT2D eigenvalue weighted by atomic mass is 10.2. The van der Waals surface area contributed by atoms with Crippen LogP contribution in [-0.2, 0) is 16.6 Å². The summed E-state index contributed by atoms with van der Waals surface area (Å²) >= 11 is 6.11. The third-order valence-corrected chi connectivity index (χ3v) is 6.07. The maximum Gasteiger partial charge on any atom is 0.244 e. The van der Waals surface area contributed by atoms with E-state index in [9.17, 15) is 8.42 Å². The molecule has 1 atom stereocenters. The molecule has 1 N–H and O–H groups in total. The van der Waals surface area contributed by atoms with Crippen molar-refractivity contribution >= 4 is 21.6 Å². The topological polar surface area (TPSA) is 49.4 Å². The summed E-state index contributed by atoms with van der Waals surface area (Å²) in [4.78, 5) is 0.183. The van der Waals surface area contributed by atoms with E-state index >= 15 is 0 Å². The van der Waals surface area contributed by atoms with Crippen molar-refractivity contribution in [2.75, 3.05) is 13.6 Å². The van der Waals surface area contributed by atoms with Crippen LogP contribution in [0.1, 0.15) is 39.2 Å². The van der Waals surface area contributed by atoms with Crippen molar-refractivity contribution in [3.8, 4) is 0 Å². The third-order valence-electron chi connectivity index (χ3n) is 3.62. The third kappa shape index (κ3) is 4.68. The van der Waals surface area contributed by atoms with Gasteiger partial charge in [0.25, 0.3) is 0 Å². The molecule has 4 nitrogen and oxygen atoms in total. The first-order valence-electron chi connectivity index (χ1n) is 7.31. The highest BCUT2D eigenvalue weighted by atomic mass is 35.5. The van der Waals surface area contributed by atoms with Gasteiger partial charge in [-0.15, -0.1) is 0 Å². The lowest BCUT2D eigenvalue weighted by Gasteiger charge is -2.24. The predicted octanol–water partition coefficient (Wildman–Crippen LogP) is 3.26. The SMILES string of the molecule is CCCNCc1ccc(Cl)c(S(=O)(=O)N(C)C(C)CC)c1. The molecule has 0 heterocycles. The molecule has 21 heavy (non-hydrogen) atoms. The van der Waals surface area contributed by atoms with E-state index < -0.39 is 10.0 Å². The van der Waals surface area contributed by atoms with Crippen LogP contribution >= 0.6 is 11.6 Å². The number of nitrogens with one attached hydrogen (secondary N) is 1. The summed E-state index contributed by atoms with van der Waals surface area (Å²) in [5, 5.41) is 3.53.